The Bertz CT molecular complexity index is 1370. The van der Waals surface area contributed by atoms with Gasteiger partial charge >= 0.3 is 6.09 Å². The number of carbonyl (C=O) groups is 1. The highest BCUT2D eigenvalue weighted by Crippen LogP contribution is 2.36. The van der Waals surface area contributed by atoms with Crippen LogP contribution in [0.2, 0.25) is 0 Å². The van der Waals surface area contributed by atoms with Crippen molar-refractivity contribution in [3.8, 4) is 5.75 Å². The third-order valence-electron chi connectivity index (χ3n) is 7.01. The maximum absolute atomic E-state index is 12.7. The average Bonchev–Trinajstić information content (AvgIpc) is 3.71. The molecule has 3 aromatic rings. The van der Waals surface area contributed by atoms with Crippen LogP contribution in [0.15, 0.2) is 35.3 Å². The van der Waals surface area contributed by atoms with E-state index in [0.29, 0.717) is 58.8 Å². The Labute approximate surface area is 222 Å². The number of piperidine rings is 1. The molecule has 0 atom stereocenters. The van der Waals surface area contributed by atoms with E-state index in [2.05, 4.69) is 26.9 Å². The van der Waals surface area contributed by atoms with E-state index < -0.39 is 5.60 Å². The number of ether oxygens (including phenoxy) is 2. The lowest BCUT2D eigenvalue weighted by atomic mass is 9.89. The number of hydrogen-bond acceptors (Lipinski definition) is 8. The molecule has 202 valence electrons. The highest BCUT2D eigenvalue weighted by Gasteiger charge is 2.28. The zero-order chi connectivity index (χ0) is 26.9. The topological polar surface area (TPSA) is 121 Å². The van der Waals surface area contributed by atoms with E-state index in [0.717, 1.165) is 24.9 Å². The SMILES string of the molecule is COc1cc(C2CCN(C(=O)OC(C)(C)C)CC2)ccc1Nc1nc(NCC2CC2)cc2cn[nH]c(=O)c12. The number of benzene rings is 1. The van der Waals surface area contributed by atoms with Gasteiger partial charge in [0, 0.05) is 25.0 Å². The minimum absolute atomic E-state index is 0.258. The number of amides is 1. The molecule has 0 bridgehead atoms. The van der Waals surface area contributed by atoms with Gasteiger partial charge in [0.1, 0.15) is 23.0 Å². The third kappa shape index (κ3) is 6.00. The molecule has 1 aromatic carbocycles. The second kappa shape index (κ2) is 10.5. The number of H-pyrrole nitrogens is 1. The van der Waals surface area contributed by atoms with Gasteiger partial charge in [-0.1, -0.05) is 6.07 Å². The molecule has 3 heterocycles. The fourth-order valence-corrected chi connectivity index (χ4v) is 4.79. The van der Waals surface area contributed by atoms with Crippen LogP contribution in [0.25, 0.3) is 10.8 Å². The van der Waals surface area contributed by atoms with Gasteiger partial charge in [0.25, 0.3) is 5.56 Å². The van der Waals surface area contributed by atoms with Crippen molar-refractivity contribution in [3.05, 3.63) is 46.4 Å². The molecular weight excluding hydrogens is 484 g/mol. The summed E-state index contributed by atoms with van der Waals surface area (Å²) >= 11 is 0. The Balaban J connectivity index is 1.34. The maximum Gasteiger partial charge on any atom is 0.410 e. The predicted molar refractivity (Wildman–Crippen MR) is 147 cm³/mol. The first-order valence-corrected chi connectivity index (χ1v) is 13.3. The Hall–Kier alpha value is -3.82. The van der Waals surface area contributed by atoms with Gasteiger partial charge < -0.3 is 25.0 Å². The zero-order valence-electron chi connectivity index (χ0n) is 22.5. The zero-order valence-corrected chi connectivity index (χ0v) is 22.5. The van der Waals surface area contributed by atoms with Crippen LogP contribution in [0.3, 0.4) is 0 Å². The van der Waals surface area contributed by atoms with Gasteiger partial charge in [-0.3, -0.25) is 4.79 Å². The van der Waals surface area contributed by atoms with E-state index in [4.69, 9.17) is 14.5 Å². The lowest BCUT2D eigenvalue weighted by Crippen LogP contribution is -2.41. The molecule has 3 N–H and O–H groups in total. The fraction of sp³-hybridized carbons (Fsp3) is 0.500. The van der Waals surface area contributed by atoms with Gasteiger partial charge in [-0.25, -0.2) is 14.9 Å². The number of aromatic amines is 1. The summed E-state index contributed by atoms with van der Waals surface area (Å²) in [6, 6.07) is 7.91. The maximum atomic E-state index is 12.7. The van der Waals surface area contributed by atoms with Crippen LogP contribution < -0.4 is 20.9 Å². The summed E-state index contributed by atoms with van der Waals surface area (Å²) in [6.45, 7) is 7.80. The normalized spacial score (nSPS) is 16.4. The van der Waals surface area contributed by atoms with Crippen molar-refractivity contribution in [1.29, 1.82) is 0 Å². The number of hydrogen-bond donors (Lipinski definition) is 3. The quantitative estimate of drug-likeness (QED) is 0.398. The molecule has 5 rings (SSSR count). The molecule has 0 radical (unpaired) electrons. The van der Waals surface area contributed by atoms with Gasteiger partial charge in [0.2, 0.25) is 0 Å². The molecule has 2 fully saturated rings. The summed E-state index contributed by atoms with van der Waals surface area (Å²) in [6.07, 6.45) is 5.53. The monoisotopic (exact) mass is 520 g/mol. The predicted octanol–water partition coefficient (Wildman–Crippen LogP) is 5.01. The first kappa shape index (κ1) is 25.8. The molecule has 1 saturated carbocycles. The van der Waals surface area contributed by atoms with Crippen LogP contribution in [-0.4, -0.2) is 58.5 Å². The number of aromatic nitrogens is 3. The van der Waals surface area contributed by atoms with E-state index >= 15 is 0 Å². The number of likely N-dealkylation sites (tertiary alicyclic amines) is 1. The number of anilines is 3. The van der Waals surface area contributed by atoms with Gasteiger partial charge in [-0.05, 0) is 82.1 Å². The number of pyridine rings is 1. The molecule has 2 aliphatic rings. The molecular formula is C28H36N6O4. The summed E-state index contributed by atoms with van der Waals surface area (Å²) in [5, 5.41) is 14.3. The minimum Gasteiger partial charge on any atom is -0.495 e. The highest BCUT2D eigenvalue weighted by atomic mass is 16.6. The molecule has 0 spiro atoms. The van der Waals surface area contributed by atoms with Crippen molar-refractivity contribution in [1.82, 2.24) is 20.1 Å². The van der Waals surface area contributed by atoms with Crippen molar-refractivity contribution in [2.45, 2.75) is 58.0 Å². The molecule has 38 heavy (non-hydrogen) atoms. The summed E-state index contributed by atoms with van der Waals surface area (Å²) in [5.74, 6) is 2.80. The van der Waals surface area contributed by atoms with Crippen molar-refractivity contribution >= 4 is 34.2 Å². The molecule has 1 amide bonds. The van der Waals surface area contributed by atoms with E-state index in [1.807, 2.05) is 39.0 Å². The van der Waals surface area contributed by atoms with Crippen LogP contribution in [0.5, 0.6) is 5.75 Å². The first-order valence-electron chi connectivity index (χ1n) is 13.3. The average molecular weight is 521 g/mol. The minimum atomic E-state index is -0.501. The number of nitrogens with one attached hydrogen (secondary N) is 3. The Kier molecular flexibility index (Phi) is 7.14. The Morgan fingerprint density at radius 1 is 1.16 bits per heavy atom. The van der Waals surface area contributed by atoms with Crippen molar-refractivity contribution in [2.75, 3.05) is 37.4 Å². The first-order chi connectivity index (χ1) is 18.2. The van der Waals surface area contributed by atoms with Crippen LogP contribution in [0, 0.1) is 5.92 Å². The second-order valence-electron chi connectivity index (χ2n) is 11.2. The van der Waals surface area contributed by atoms with Crippen LogP contribution in [-0.2, 0) is 4.74 Å². The van der Waals surface area contributed by atoms with Gasteiger partial charge in [0.15, 0.2) is 0 Å². The molecule has 2 aromatic heterocycles. The van der Waals surface area contributed by atoms with E-state index in [9.17, 15) is 9.59 Å². The van der Waals surface area contributed by atoms with E-state index in [1.165, 1.54) is 12.8 Å². The second-order valence-corrected chi connectivity index (χ2v) is 11.2. The third-order valence-corrected chi connectivity index (χ3v) is 7.01. The summed E-state index contributed by atoms with van der Waals surface area (Å²) in [4.78, 5) is 31.6. The van der Waals surface area contributed by atoms with E-state index in [-0.39, 0.29) is 11.7 Å². The van der Waals surface area contributed by atoms with Crippen LogP contribution in [0.4, 0.5) is 22.1 Å². The van der Waals surface area contributed by atoms with Crippen molar-refractivity contribution in [3.63, 3.8) is 0 Å². The molecule has 1 aliphatic heterocycles. The van der Waals surface area contributed by atoms with Crippen LogP contribution >= 0.6 is 0 Å². The number of rotatable bonds is 7. The smallest absolute Gasteiger partial charge is 0.410 e. The summed E-state index contributed by atoms with van der Waals surface area (Å²) < 4.78 is 11.3. The lowest BCUT2D eigenvalue weighted by Gasteiger charge is -2.33. The van der Waals surface area contributed by atoms with Gasteiger partial charge in [-0.15, -0.1) is 0 Å². The molecule has 10 heteroatoms. The van der Waals surface area contributed by atoms with Gasteiger partial charge in [0.05, 0.1) is 24.4 Å². The standard InChI is InChI=1S/C28H36N6O4/c1-28(2,3)38-27(36)34-11-9-18(10-12-34)19-7-8-21(22(13-19)37-4)31-25-24-20(16-30-33-26(24)35)14-23(32-25)29-15-17-5-6-17/h7-8,13-14,16-18H,5-6,9-12,15H2,1-4H3,(H,33,35)(H2,29,31,32). The summed E-state index contributed by atoms with van der Waals surface area (Å²) in [7, 11) is 1.63. The highest BCUT2D eigenvalue weighted by molar-refractivity contribution is 5.94. The molecule has 0 unspecified atom stereocenters. The molecule has 1 aliphatic carbocycles. The fourth-order valence-electron chi connectivity index (χ4n) is 4.79. The van der Waals surface area contributed by atoms with E-state index in [1.54, 1.807) is 18.2 Å². The number of methoxy groups -OCH3 is 1. The van der Waals surface area contributed by atoms with Gasteiger partial charge in [-0.2, -0.15) is 5.10 Å². The Morgan fingerprint density at radius 2 is 1.92 bits per heavy atom. The molecule has 1 saturated heterocycles. The Morgan fingerprint density at radius 3 is 2.61 bits per heavy atom. The lowest BCUT2D eigenvalue weighted by molar-refractivity contribution is 0.0205. The number of carbonyl (C=O) groups excluding carboxylic acids is 1. The number of fused-ring (bicyclic) bond motifs is 1. The van der Waals surface area contributed by atoms with Crippen molar-refractivity contribution in [2.24, 2.45) is 5.92 Å². The number of nitrogens with zero attached hydrogens (tertiary/aromatic N) is 3. The summed E-state index contributed by atoms with van der Waals surface area (Å²) in [5.41, 5.74) is 1.06. The van der Waals surface area contributed by atoms with Crippen LogP contribution in [0.1, 0.15) is 57.9 Å². The van der Waals surface area contributed by atoms with Crippen molar-refractivity contribution < 1.29 is 14.3 Å². The molecule has 10 nitrogen and oxygen atoms in total. The largest absolute Gasteiger partial charge is 0.495 e.